The van der Waals surface area contributed by atoms with Crippen LogP contribution >= 0.6 is 22.6 Å². The minimum atomic E-state index is -1.30. The van der Waals surface area contributed by atoms with E-state index in [1.807, 2.05) is 29.5 Å². The van der Waals surface area contributed by atoms with E-state index < -0.39 is 35.5 Å². The third kappa shape index (κ3) is 9.91. The maximum absolute atomic E-state index is 12.3. The molecule has 4 unspecified atom stereocenters. The molecule has 0 aromatic heterocycles. The molecule has 0 aliphatic carbocycles. The molecule has 0 amide bonds. The first-order chi connectivity index (χ1) is 13.7. The summed E-state index contributed by atoms with van der Waals surface area (Å²) in [4.78, 5) is 36.0. The highest BCUT2D eigenvalue weighted by molar-refractivity contribution is 14.1. The van der Waals surface area contributed by atoms with Gasteiger partial charge in [-0.2, -0.15) is 0 Å². The average molecular weight is 542 g/mol. The van der Waals surface area contributed by atoms with Crippen molar-refractivity contribution in [1.29, 1.82) is 0 Å². The fourth-order valence-corrected chi connectivity index (χ4v) is 3.22. The Bertz CT molecular complexity index is 593. The molecule has 9 heteroatoms. The van der Waals surface area contributed by atoms with Gasteiger partial charge in [0.2, 0.25) is 0 Å². The van der Waals surface area contributed by atoms with E-state index in [1.54, 1.807) is 13.8 Å². The van der Waals surface area contributed by atoms with Crippen molar-refractivity contribution in [3.8, 4) is 0 Å². The van der Waals surface area contributed by atoms with Crippen molar-refractivity contribution in [3.63, 3.8) is 0 Å². The van der Waals surface area contributed by atoms with Crippen LogP contribution in [0.5, 0.6) is 0 Å². The molecule has 0 radical (unpaired) electrons. The standard InChI is InChI=1S/C21H35IO8/c1-6-13(22)19(25)29-14(15-10-11-18(24)28-15)8-7-9-17(23)30-16(21(4,5)27)12-20(2,3)26/h13-16,26-27H,6-12H2,1-5H3. The summed E-state index contributed by atoms with van der Waals surface area (Å²) in [5.41, 5.74) is -2.41. The Kier molecular flexibility index (Phi) is 10.5. The number of esters is 3. The molecule has 1 rings (SSSR count). The molecule has 174 valence electrons. The highest BCUT2D eigenvalue weighted by Gasteiger charge is 2.36. The number of rotatable bonds is 12. The van der Waals surface area contributed by atoms with Crippen molar-refractivity contribution in [3.05, 3.63) is 0 Å². The van der Waals surface area contributed by atoms with Crippen molar-refractivity contribution in [2.24, 2.45) is 0 Å². The third-order valence-corrected chi connectivity index (χ3v) is 6.22. The molecule has 30 heavy (non-hydrogen) atoms. The lowest BCUT2D eigenvalue weighted by molar-refractivity contribution is -0.168. The van der Waals surface area contributed by atoms with Gasteiger partial charge in [0.05, 0.1) is 11.2 Å². The van der Waals surface area contributed by atoms with Crippen LogP contribution in [0.15, 0.2) is 0 Å². The molecular weight excluding hydrogens is 507 g/mol. The van der Waals surface area contributed by atoms with Gasteiger partial charge in [0.15, 0.2) is 0 Å². The molecule has 0 aromatic rings. The van der Waals surface area contributed by atoms with Gasteiger partial charge >= 0.3 is 17.9 Å². The molecule has 1 aliphatic heterocycles. The molecule has 1 fully saturated rings. The topological polar surface area (TPSA) is 119 Å². The average Bonchev–Trinajstić information content (AvgIpc) is 3.03. The lowest BCUT2D eigenvalue weighted by atomic mass is 9.91. The van der Waals surface area contributed by atoms with Crippen molar-refractivity contribution in [1.82, 2.24) is 0 Å². The first-order valence-corrected chi connectivity index (χ1v) is 11.7. The number of halogens is 1. The summed E-state index contributed by atoms with van der Waals surface area (Å²) >= 11 is 2.01. The highest BCUT2D eigenvalue weighted by Crippen LogP contribution is 2.26. The summed E-state index contributed by atoms with van der Waals surface area (Å²) in [5.74, 6) is -1.19. The zero-order valence-electron chi connectivity index (χ0n) is 18.5. The molecule has 8 nitrogen and oxygen atoms in total. The van der Waals surface area contributed by atoms with E-state index in [4.69, 9.17) is 14.2 Å². The lowest BCUT2D eigenvalue weighted by Crippen LogP contribution is -2.44. The Balaban J connectivity index is 2.64. The number of hydrogen-bond donors (Lipinski definition) is 2. The largest absolute Gasteiger partial charge is 0.459 e. The number of carbonyl (C=O) groups is 3. The van der Waals surface area contributed by atoms with E-state index in [-0.39, 0.29) is 35.1 Å². The SMILES string of the molecule is CCC(I)C(=O)OC(CCCC(=O)OC(CC(C)(C)O)C(C)(C)O)C1CCC(=O)O1. The first kappa shape index (κ1) is 27.1. The zero-order valence-corrected chi connectivity index (χ0v) is 20.6. The van der Waals surface area contributed by atoms with Crippen molar-refractivity contribution in [2.45, 2.75) is 113 Å². The molecule has 0 spiro atoms. The second-order valence-electron chi connectivity index (χ2n) is 8.96. The van der Waals surface area contributed by atoms with E-state index in [2.05, 4.69) is 0 Å². The van der Waals surface area contributed by atoms with Gasteiger partial charge in [0, 0.05) is 19.3 Å². The lowest BCUT2D eigenvalue weighted by Gasteiger charge is -2.33. The molecule has 0 bridgehead atoms. The van der Waals surface area contributed by atoms with Crippen LogP contribution in [-0.2, 0) is 28.6 Å². The summed E-state index contributed by atoms with van der Waals surface area (Å²) in [6.45, 7) is 8.09. The molecular formula is C21H35IO8. The van der Waals surface area contributed by atoms with Crippen LogP contribution in [-0.4, -0.2) is 61.6 Å². The highest BCUT2D eigenvalue weighted by atomic mass is 127. The van der Waals surface area contributed by atoms with Gasteiger partial charge in [-0.25, -0.2) is 0 Å². The predicted molar refractivity (Wildman–Crippen MR) is 118 cm³/mol. The second kappa shape index (κ2) is 11.6. The van der Waals surface area contributed by atoms with Gasteiger partial charge in [-0.05, 0) is 53.4 Å². The Hall–Kier alpha value is -0.940. The Labute approximate surface area is 192 Å². The van der Waals surface area contributed by atoms with Crippen LogP contribution in [0, 0.1) is 0 Å². The van der Waals surface area contributed by atoms with Gasteiger partial charge in [0.25, 0.3) is 0 Å². The number of alkyl halides is 1. The van der Waals surface area contributed by atoms with Crippen LogP contribution in [0.4, 0.5) is 0 Å². The quantitative estimate of drug-likeness (QED) is 0.167. The van der Waals surface area contributed by atoms with E-state index in [1.165, 1.54) is 13.8 Å². The predicted octanol–water partition coefficient (Wildman–Crippen LogP) is 2.83. The normalized spacial score (nSPS) is 20.3. The van der Waals surface area contributed by atoms with Gasteiger partial charge in [0.1, 0.15) is 22.2 Å². The first-order valence-electron chi connectivity index (χ1n) is 10.4. The van der Waals surface area contributed by atoms with E-state index in [9.17, 15) is 24.6 Å². The third-order valence-electron chi connectivity index (χ3n) is 4.83. The van der Waals surface area contributed by atoms with Crippen LogP contribution in [0.25, 0.3) is 0 Å². The van der Waals surface area contributed by atoms with Crippen LogP contribution < -0.4 is 0 Å². The summed E-state index contributed by atoms with van der Waals surface area (Å²) in [6, 6.07) is 0. The van der Waals surface area contributed by atoms with E-state index in [0.29, 0.717) is 25.7 Å². The number of aliphatic hydroxyl groups is 2. The van der Waals surface area contributed by atoms with Crippen LogP contribution in [0.2, 0.25) is 0 Å². The van der Waals surface area contributed by atoms with Crippen molar-refractivity contribution >= 4 is 40.5 Å². The van der Waals surface area contributed by atoms with Crippen molar-refractivity contribution in [2.75, 3.05) is 0 Å². The maximum Gasteiger partial charge on any atom is 0.319 e. The molecule has 1 heterocycles. The Morgan fingerprint density at radius 1 is 1.23 bits per heavy atom. The zero-order chi connectivity index (χ0) is 23.1. The summed E-state index contributed by atoms with van der Waals surface area (Å²) < 4.78 is 16.0. The fourth-order valence-electron chi connectivity index (χ4n) is 3.07. The van der Waals surface area contributed by atoms with Crippen molar-refractivity contribution < 1.29 is 38.8 Å². The maximum atomic E-state index is 12.3. The molecule has 4 atom stereocenters. The monoisotopic (exact) mass is 542 g/mol. The number of cyclic esters (lactones) is 1. The number of ether oxygens (including phenoxy) is 3. The van der Waals surface area contributed by atoms with Crippen LogP contribution in [0.1, 0.15) is 79.6 Å². The number of carbonyl (C=O) groups excluding carboxylic acids is 3. The fraction of sp³-hybridized carbons (Fsp3) is 0.857. The molecule has 1 saturated heterocycles. The van der Waals surface area contributed by atoms with Gasteiger partial charge in [-0.15, -0.1) is 0 Å². The van der Waals surface area contributed by atoms with E-state index in [0.717, 1.165) is 0 Å². The van der Waals surface area contributed by atoms with Gasteiger partial charge < -0.3 is 24.4 Å². The Morgan fingerprint density at radius 3 is 2.33 bits per heavy atom. The van der Waals surface area contributed by atoms with Gasteiger partial charge in [-0.3, -0.25) is 14.4 Å². The molecule has 2 N–H and O–H groups in total. The smallest absolute Gasteiger partial charge is 0.319 e. The summed E-state index contributed by atoms with van der Waals surface area (Å²) in [7, 11) is 0. The molecule has 1 aliphatic rings. The summed E-state index contributed by atoms with van der Waals surface area (Å²) in [6.07, 6.45) is 0.274. The van der Waals surface area contributed by atoms with E-state index >= 15 is 0 Å². The minimum Gasteiger partial charge on any atom is -0.459 e. The minimum absolute atomic E-state index is 0.0502. The Morgan fingerprint density at radius 2 is 1.87 bits per heavy atom. The molecule has 0 saturated carbocycles. The second-order valence-corrected chi connectivity index (χ2v) is 10.5. The number of hydrogen-bond acceptors (Lipinski definition) is 8. The summed E-state index contributed by atoms with van der Waals surface area (Å²) in [5, 5.41) is 20.3. The van der Waals surface area contributed by atoms with Gasteiger partial charge in [-0.1, -0.05) is 29.5 Å². The molecule has 0 aromatic carbocycles. The van der Waals surface area contributed by atoms with Crippen LogP contribution in [0.3, 0.4) is 0 Å².